The van der Waals surface area contributed by atoms with E-state index in [1.165, 1.54) is 50.1 Å². The first kappa shape index (κ1) is 57.6. The largest absolute Gasteiger partial charge is 0.496 e. The van der Waals surface area contributed by atoms with Crippen molar-refractivity contribution in [1.29, 1.82) is 0 Å². The van der Waals surface area contributed by atoms with Crippen LogP contribution in [0.2, 0.25) is 0 Å². The number of fused-ring (bicyclic) bond motifs is 2. The van der Waals surface area contributed by atoms with E-state index in [-0.39, 0.29) is 75.4 Å². The van der Waals surface area contributed by atoms with Gasteiger partial charge in [0, 0.05) is 43.3 Å². The third-order valence-corrected chi connectivity index (χ3v) is 14.7. The molecule has 0 spiro atoms. The van der Waals surface area contributed by atoms with Crippen molar-refractivity contribution in [1.82, 2.24) is 35.1 Å². The number of rotatable bonds is 23. The van der Waals surface area contributed by atoms with Crippen LogP contribution in [0.25, 0.3) is 21.9 Å². The number of thioether (sulfide) groups is 1. The Morgan fingerprint density at radius 1 is 1.01 bits per heavy atom. The second-order valence-corrected chi connectivity index (χ2v) is 21.8. The number of ether oxygens (including phenoxy) is 2. The number of carbonyl (C=O) groups is 3. The second-order valence-electron chi connectivity index (χ2n) is 16.0. The summed E-state index contributed by atoms with van der Waals surface area (Å²) in [7, 11) is -13.9. The van der Waals surface area contributed by atoms with E-state index in [0.29, 0.717) is 5.56 Å². The maximum atomic E-state index is 13.9. The molecule has 392 valence electrons. The molecule has 10 N–H and O–H groups in total. The van der Waals surface area contributed by atoms with Crippen LogP contribution in [0, 0.1) is 5.41 Å². The summed E-state index contributed by atoms with van der Waals surface area (Å²) in [5, 5.41) is 26.2. The van der Waals surface area contributed by atoms with E-state index < -0.39 is 96.3 Å². The molecule has 71 heavy (non-hydrogen) atoms. The topological polar surface area (TPSA) is 376 Å². The van der Waals surface area contributed by atoms with Gasteiger partial charge in [0.1, 0.15) is 52.6 Å². The highest BCUT2D eigenvalue weighted by Crippen LogP contribution is 2.61. The number of nitrogen functional groups attached to an aromatic ring is 1. The van der Waals surface area contributed by atoms with Crippen LogP contribution in [-0.2, 0) is 56.9 Å². The van der Waals surface area contributed by atoms with Gasteiger partial charge in [-0.25, -0.2) is 28.6 Å². The van der Waals surface area contributed by atoms with Gasteiger partial charge >= 0.3 is 29.6 Å². The molecule has 1 aliphatic heterocycles. The van der Waals surface area contributed by atoms with Crippen LogP contribution >= 0.6 is 47.4 Å². The number of benzene rings is 2. The molecule has 0 radical (unpaired) electrons. The molecule has 4 aromatic rings. The molecule has 0 aliphatic carbocycles. The summed E-state index contributed by atoms with van der Waals surface area (Å²) in [6.07, 6.45) is -12.0. The van der Waals surface area contributed by atoms with E-state index >= 15 is 0 Å². The molecule has 2 amide bonds. The number of nitrogens with one attached hydrogen (secondary N) is 2. The van der Waals surface area contributed by atoms with Gasteiger partial charge in [-0.2, -0.15) is 17.5 Å². The first-order valence-corrected chi connectivity index (χ1v) is 26.3. The smallest absolute Gasteiger partial charge is 0.481 e. The standard InChI is InChI=1S/C37H48F3N8O18P3S2/c1-36(2,16-63-69(59,60)66-68(57,58)62-15-23-29(65-67(54,55)56)28(51)34(64-23)48-18-46-27-31(41)44-17-45-32(27)48)30(52)33(53)43-11-10-24(49)42-12-13-71-25(50)14-47(3)35(70)21-7-5-6-20-19(21)8-9-22(61-4)26(20)37(38,39)40/h5-9,17-18,23,28-30,34,51-52H,10-16H2,1-4H3,(H,42,49)(H,43,53)(H,57,58)(H,59,60)(H2,41,44,45)(H2,54,55,56). The van der Waals surface area contributed by atoms with Crippen LogP contribution in [-0.4, -0.2) is 153 Å². The number of methoxy groups -OCH3 is 1. The lowest BCUT2D eigenvalue weighted by atomic mass is 9.87. The van der Waals surface area contributed by atoms with Crippen LogP contribution in [0.4, 0.5) is 19.0 Å². The average molecular weight is 1110 g/mol. The van der Waals surface area contributed by atoms with Gasteiger partial charge in [-0.05, 0) is 22.9 Å². The zero-order valence-electron chi connectivity index (χ0n) is 37.6. The number of nitrogens with two attached hydrogens (primary N) is 1. The Hall–Kier alpha value is -4.26. The highest BCUT2D eigenvalue weighted by Gasteiger charge is 2.50. The Balaban J connectivity index is 1.02. The summed E-state index contributed by atoms with van der Waals surface area (Å²) < 4.78 is 109. The third-order valence-electron chi connectivity index (χ3n) is 10.2. The van der Waals surface area contributed by atoms with Crippen molar-refractivity contribution in [3.8, 4) is 5.75 Å². The molecule has 3 heterocycles. The Labute approximate surface area is 410 Å². The van der Waals surface area contributed by atoms with Gasteiger partial charge in [0.15, 0.2) is 17.7 Å². The van der Waals surface area contributed by atoms with Crippen LogP contribution in [0.1, 0.15) is 37.6 Å². The number of aliphatic hydroxyl groups is 2. The summed E-state index contributed by atoms with van der Waals surface area (Å²) in [5.74, 6) is -1.90. The fraction of sp³-hybridized carbons (Fsp3) is 0.486. The molecule has 26 nitrogen and oxygen atoms in total. The highest BCUT2D eigenvalue weighted by molar-refractivity contribution is 8.13. The van der Waals surface area contributed by atoms with E-state index in [1.54, 1.807) is 6.07 Å². The number of amides is 2. The maximum absolute atomic E-state index is 13.9. The lowest BCUT2D eigenvalue weighted by Gasteiger charge is -2.30. The maximum Gasteiger partial charge on any atom is 0.481 e. The summed E-state index contributed by atoms with van der Waals surface area (Å²) in [4.78, 5) is 90.5. The molecule has 34 heteroatoms. The molecule has 7 unspecified atom stereocenters. The van der Waals surface area contributed by atoms with Gasteiger partial charge in [-0.3, -0.25) is 32.5 Å². The number of hydrogen-bond donors (Lipinski definition) is 9. The van der Waals surface area contributed by atoms with Crippen LogP contribution in [0.5, 0.6) is 5.75 Å². The predicted octanol–water partition coefficient (Wildman–Crippen LogP) is 2.15. The quantitative estimate of drug-likeness (QED) is 0.0292. The van der Waals surface area contributed by atoms with Gasteiger partial charge < -0.3 is 60.5 Å². The van der Waals surface area contributed by atoms with Crippen molar-refractivity contribution in [2.24, 2.45) is 5.41 Å². The van der Waals surface area contributed by atoms with Crippen LogP contribution in [0.3, 0.4) is 0 Å². The Bertz CT molecular complexity index is 2770. The van der Waals surface area contributed by atoms with Crippen LogP contribution < -0.4 is 21.1 Å². The number of thiocarbonyl (C=S) groups is 1. The van der Waals surface area contributed by atoms with E-state index in [9.17, 15) is 71.0 Å². The number of hydrogen-bond acceptors (Lipinski definition) is 20. The number of nitrogens with zero attached hydrogens (tertiary/aromatic N) is 5. The summed E-state index contributed by atoms with van der Waals surface area (Å²) in [6.45, 7) is -0.180. The van der Waals surface area contributed by atoms with Gasteiger partial charge in [-0.15, -0.1) is 0 Å². The van der Waals surface area contributed by atoms with Crippen molar-refractivity contribution in [2.75, 3.05) is 58.5 Å². The molecule has 0 saturated carbocycles. The predicted molar refractivity (Wildman–Crippen MR) is 247 cm³/mol. The molecule has 5 rings (SSSR count). The lowest BCUT2D eigenvalue weighted by Crippen LogP contribution is -2.46. The van der Waals surface area contributed by atoms with E-state index in [0.717, 1.165) is 36.1 Å². The minimum absolute atomic E-state index is 0.00744. The molecular weight excluding hydrogens is 1060 g/mol. The SMILES string of the molecule is COc1ccc2c(C(=S)N(C)CC(=O)SCCNC(=O)CCNC(=O)C(O)C(C)(C)COP(=O)(O)OP(=O)(O)OCC3OC(n4cnc5c(N)ncnc54)C(O)C3OP(=O)(O)O)cccc2c1C(F)(F)F. The van der Waals surface area contributed by atoms with E-state index in [2.05, 4.69) is 34.4 Å². The molecule has 0 bridgehead atoms. The molecule has 1 fully saturated rings. The number of aliphatic hydroxyl groups excluding tert-OH is 2. The summed E-state index contributed by atoms with van der Waals surface area (Å²) in [6, 6.07) is 6.90. The molecule has 7 atom stereocenters. The van der Waals surface area contributed by atoms with E-state index in [4.69, 9.17) is 36.5 Å². The zero-order chi connectivity index (χ0) is 52.9. The highest BCUT2D eigenvalue weighted by atomic mass is 32.2. The number of carbonyl (C=O) groups excluding carboxylic acids is 3. The number of likely N-dealkylation sites (N-methyl/N-ethyl adjacent to an activating group) is 1. The van der Waals surface area contributed by atoms with Gasteiger partial charge in [0.2, 0.25) is 16.9 Å². The van der Waals surface area contributed by atoms with Crippen molar-refractivity contribution in [3.05, 3.63) is 54.1 Å². The minimum Gasteiger partial charge on any atom is -0.496 e. The number of imidazole rings is 1. The van der Waals surface area contributed by atoms with Gasteiger partial charge in [0.25, 0.3) is 0 Å². The Morgan fingerprint density at radius 2 is 1.70 bits per heavy atom. The summed E-state index contributed by atoms with van der Waals surface area (Å²) in [5.41, 5.74) is 3.49. The van der Waals surface area contributed by atoms with Gasteiger partial charge in [-0.1, -0.05) is 56.0 Å². The third kappa shape index (κ3) is 15.2. The number of anilines is 1. The fourth-order valence-corrected chi connectivity index (χ4v) is 10.6. The van der Waals surface area contributed by atoms with Crippen molar-refractivity contribution in [3.63, 3.8) is 0 Å². The Morgan fingerprint density at radius 3 is 2.37 bits per heavy atom. The number of alkyl halides is 3. The van der Waals surface area contributed by atoms with Crippen molar-refractivity contribution in [2.45, 2.75) is 57.1 Å². The Kier molecular flexibility index (Phi) is 18.9. The average Bonchev–Trinajstić information content (AvgIpc) is 3.84. The molecule has 1 saturated heterocycles. The van der Waals surface area contributed by atoms with Gasteiger partial charge in [0.05, 0.1) is 33.2 Å². The number of halogens is 3. The van der Waals surface area contributed by atoms with E-state index in [1.807, 2.05) is 0 Å². The first-order chi connectivity index (χ1) is 32.9. The normalized spacial score (nSPS) is 19.7. The molecule has 2 aromatic heterocycles. The fourth-order valence-electron chi connectivity index (χ4n) is 6.80. The monoisotopic (exact) mass is 1110 g/mol. The first-order valence-electron chi connectivity index (χ1n) is 20.4. The number of phosphoric acid groups is 3. The number of phosphoric ester groups is 3. The summed E-state index contributed by atoms with van der Waals surface area (Å²) >= 11 is 6.38. The lowest BCUT2D eigenvalue weighted by molar-refractivity contribution is -0.138. The van der Waals surface area contributed by atoms with Crippen molar-refractivity contribution < 1.29 is 98.4 Å². The van der Waals surface area contributed by atoms with Crippen molar-refractivity contribution >= 4 is 97.1 Å². The molecular formula is C37H48F3N8O18P3S2. The minimum atomic E-state index is -5.63. The second kappa shape index (κ2) is 23.3. The molecule has 2 aromatic carbocycles. The molecule has 1 aliphatic rings. The van der Waals surface area contributed by atoms with Crippen LogP contribution in [0.15, 0.2) is 43.0 Å². The zero-order valence-corrected chi connectivity index (χ0v) is 41.9. The number of aromatic nitrogens is 4.